The number of anilines is 1. The molecule has 19 heavy (non-hydrogen) atoms. The molecule has 3 N–H and O–H groups in total. The number of para-hydroxylation sites is 2. The molecule has 3 aromatic rings. The molecule has 0 aliphatic heterocycles. The van der Waals surface area contributed by atoms with E-state index in [1.165, 1.54) is 0 Å². The fourth-order valence-electron chi connectivity index (χ4n) is 1.96. The minimum absolute atomic E-state index is 0.410. The summed E-state index contributed by atoms with van der Waals surface area (Å²) in [4.78, 5) is 8.55. The van der Waals surface area contributed by atoms with Crippen LogP contribution >= 0.6 is 11.3 Å². The maximum atomic E-state index is 10.4. The van der Waals surface area contributed by atoms with Crippen molar-refractivity contribution >= 4 is 28.3 Å². The molecule has 0 amide bonds. The van der Waals surface area contributed by atoms with Gasteiger partial charge in [-0.05, 0) is 30.5 Å². The number of nitrogens with zero attached hydrogens (tertiary/aromatic N) is 1. The summed E-state index contributed by atoms with van der Waals surface area (Å²) in [6.45, 7) is 2.21. The van der Waals surface area contributed by atoms with Gasteiger partial charge in [0.15, 0.2) is 0 Å². The van der Waals surface area contributed by atoms with Crippen molar-refractivity contribution in [2.45, 2.75) is 12.5 Å². The molecule has 1 aromatic carbocycles. The molecular formula is C14H15N3OS. The smallest absolute Gasteiger partial charge is 0.201 e. The Labute approximate surface area is 115 Å². The Hall–Kier alpha value is -1.85. The summed E-state index contributed by atoms with van der Waals surface area (Å²) < 4.78 is 0. The molecule has 0 saturated heterocycles. The van der Waals surface area contributed by atoms with Crippen molar-refractivity contribution in [3.63, 3.8) is 0 Å². The third kappa shape index (κ3) is 2.47. The molecule has 0 aliphatic rings. The molecule has 2 aromatic heterocycles. The number of hydrogen-bond donors (Lipinski definition) is 3. The summed E-state index contributed by atoms with van der Waals surface area (Å²) in [6, 6.07) is 11.7. The Morgan fingerprint density at radius 2 is 2.16 bits per heavy atom. The van der Waals surface area contributed by atoms with Crippen LogP contribution in [0.5, 0.6) is 0 Å². The number of rotatable bonds is 4. The largest absolute Gasteiger partial charge is 0.383 e. The normalized spacial score (nSPS) is 14.4. The Kier molecular flexibility index (Phi) is 3.00. The number of imidazole rings is 1. The average Bonchev–Trinajstić information content (AvgIpc) is 3.05. The standard InChI is InChI=1S/C14H15N3OS/c1-14(18,12-7-4-8-19-12)9-15-13-16-10-5-2-3-6-11(10)17-13/h2-8,18H,9H2,1H3,(H2,15,16,17)/t14-/m1/s1. The van der Waals surface area contributed by atoms with Gasteiger partial charge in [0, 0.05) is 4.88 Å². The van der Waals surface area contributed by atoms with Crippen LogP contribution < -0.4 is 5.32 Å². The van der Waals surface area contributed by atoms with Crippen LogP contribution in [0.4, 0.5) is 5.95 Å². The Balaban J connectivity index is 1.75. The predicted molar refractivity (Wildman–Crippen MR) is 78.5 cm³/mol. The second-order valence-electron chi connectivity index (χ2n) is 4.71. The average molecular weight is 273 g/mol. The number of nitrogens with one attached hydrogen (secondary N) is 2. The fourth-order valence-corrected chi connectivity index (χ4v) is 2.75. The zero-order valence-corrected chi connectivity index (χ0v) is 11.4. The summed E-state index contributed by atoms with van der Waals surface area (Å²) in [5.74, 6) is 0.679. The Morgan fingerprint density at radius 1 is 1.32 bits per heavy atom. The summed E-state index contributed by atoms with van der Waals surface area (Å²) in [5.41, 5.74) is 1.01. The van der Waals surface area contributed by atoms with Crippen LogP contribution in [0.15, 0.2) is 41.8 Å². The molecule has 2 heterocycles. The van der Waals surface area contributed by atoms with Crippen LogP contribution in [-0.4, -0.2) is 21.6 Å². The summed E-state index contributed by atoms with van der Waals surface area (Å²) in [6.07, 6.45) is 0. The minimum atomic E-state index is -0.896. The first kappa shape index (κ1) is 12.2. The molecule has 0 aliphatic carbocycles. The van der Waals surface area contributed by atoms with E-state index >= 15 is 0 Å². The van der Waals surface area contributed by atoms with Crippen molar-refractivity contribution in [1.29, 1.82) is 0 Å². The molecule has 98 valence electrons. The van der Waals surface area contributed by atoms with E-state index in [2.05, 4.69) is 15.3 Å². The number of thiophene rings is 1. The lowest BCUT2D eigenvalue weighted by Crippen LogP contribution is -2.30. The monoisotopic (exact) mass is 273 g/mol. The quantitative estimate of drug-likeness (QED) is 0.685. The van der Waals surface area contributed by atoms with Crippen molar-refractivity contribution in [3.8, 4) is 0 Å². The van der Waals surface area contributed by atoms with Gasteiger partial charge in [0.05, 0.1) is 17.6 Å². The van der Waals surface area contributed by atoms with Gasteiger partial charge < -0.3 is 15.4 Å². The van der Waals surface area contributed by atoms with E-state index in [9.17, 15) is 5.11 Å². The number of hydrogen-bond acceptors (Lipinski definition) is 4. The Bertz CT molecular complexity index is 640. The molecule has 4 nitrogen and oxygen atoms in total. The van der Waals surface area contributed by atoms with Crippen molar-refractivity contribution in [2.24, 2.45) is 0 Å². The number of H-pyrrole nitrogens is 1. The van der Waals surface area contributed by atoms with E-state index < -0.39 is 5.60 Å². The molecular weight excluding hydrogens is 258 g/mol. The molecule has 5 heteroatoms. The zero-order chi connectivity index (χ0) is 13.3. The van der Waals surface area contributed by atoms with E-state index in [4.69, 9.17) is 0 Å². The van der Waals surface area contributed by atoms with Crippen LogP contribution in [0.25, 0.3) is 11.0 Å². The van der Waals surface area contributed by atoms with Gasteiger partial charge in [0.2, 0.25) is 5.95 Å². The molecule has 0 saturated carbocycles. The SMILES string of the molecule is C[C@@](O)(CNc1nc2ccccc2[nH]1)c1cccs1. The molecule has 0 fully saturated rings. The number of aromatic amines is 1. The number of benzene rings is 1. The van der Waals surface area contributed by atoms with Crippen LogP contribution in [0.3, 0.4) is 0 Å². The first-order valence-electron chi connectivity index (χ1n) is 6.10. The summed E-state index contributed by atoms with van der Waals surface area (Å²) in [7, 11) is 0. The van der Waals surface area contributed by atoms with Gasteiger partial charge in [-0.15, -0.1) is 11.3 Å². The summed E-state index contributed by atoms with van der Waals surface area (Å²) >= 11 is 1.55. The highest BCUT2D eigenvalue weighted by molar-refractivity contribution is 7.10. The molecule has 0 radical (unpaired) electrons. The van der Waals surface area contributed by atoms with Crippen LogP contribution in [0.2, 0.25) is 0 Å². The maximum Gasteiger partial charge on any atom is 0.201 e. The van der Waals surface area contributed by atoms with Crippen molar-refractivity contribution in [3.05, 3.63) is 46.7 Å². The highest BCUT2D eigenvalue weighted by Crippen LogP contribution is 2.25. The summed E-state index contributed by atoms with van der Waals surface area (Å²) in [5, 5.41) is 15.5. The third-order valence-electron chi connectivity index (χ3n) is 3.04. The topological polar surface area (TPSA) is 60.9 Å². The predicted octanol–water partition coefficient (Wildman–Crippen LogP) is 2.94. The second-order valence-corrected chi connectivity index (χ2v) is 5.65. The van der Waals surface area contributed by atoms with E-state index in [1.807, 2.05) is 41.8 Å². The van der Waals surface area contributed by atoms with Gasteiger partial charge in [-0.2, -0.15) is 0 Å². The lowest BCUT2D eigenvalue weighted by Gasteiger charge is -2.21. The van der Waals surface area contributed by atoms with E-state index in [0.717, 1.165) is 15.9 Å². The number of fused-ring (bicyclic) bond motifs is 1. The van der Waals surface area contributed by atoms with Crippen LogP contribution in [-0.2, 0) is 5.60 Å². The van der Waals surface area contributed by atoms with Gasteiger partial charge >= 0.3 is 0 Å². The second kappa shape index (κ2) is 4.68. The molecule has 0 spiro atoms. The highest BCUT2D eigenvalue weighted by Gasteiger charge is 2.24. The minimum Gasteiger partial charge on any atom is -0.383 e. The maximum absolute atomic E-state index is 10.4. The van der Waals surface area contributed by atoms with Gasteiger partial charge in [0.25, 0.3) is 0 Å². The molecule has 0 unspecified atom stereocenters. The van der Waals surface area contributed by atoms with E-state index in [-0.39, 0.29) is 0 Å². The lowest BCUT2D eigenvalue weighted by atomic mass is 10.1. The van der Waals surface area contributed by atoms with Gasteiger partial charge in [-0.1, -0.05) is 18.2 Å². The Morgan fingerprint density at radius 3 is 2.89 bits per heavy atom. The van der Waals surface area contributed by atoms with Crippen LogP contribution in [0, 0.1) is 0 Å². The van der Waals surface area contributed by atoms with Gasteiger partial charge in [-0.25, -0.2) is 4.98 Å². The van der Waals surface area contributed by atoms with E-state index in [0.29, 0.717) is 12.5 Å². The molecule has 1 atom stereocenters. The van der Waals surface area contributed by atoms with Crippen molar-refractivity contribution < 1.29 is 5.11 Å². The first-order valence-corrected chi connectivity index (χ1v) is 6.98. The number of aliphatic hydroxyl groups is 1. The van der Waals surface area contributed by atoms with Gasteiger partial charge in [-0.3, -0.25) is 0 Å². The van der Waals surface area contributed by atoms with Crippen LogP contribution in [0.1, 0.15) is 11.8 Å². The fraction of sp³-hybridized carbons (Fsp3) is 0.214. The third-order valence-corrected chi connectivity index (χ3v) is 4.16. The zero-order valence-electron chi connectivity index (χ0n) is 10.6. The van der Waals surface area contributed by atoms with Gasteiger partial charge in [0.1, 0.15) is 5.60 Å². The van der Waals surface area contributed by atoms with Crippen molar-refractivity contribution in [1.82, 2.24) is 9.97 Å². The highest BCUT2D eigenvalue weighted by atomic mass is 32.1. The van der Waals surface area contributed by atoms with E-state index in [1.54, 1.807) is 18.3 Å². The first-order chi connectivity index (χ1) is 9.15. The number of aromatic nitrogens is 2. The molecule has 3 rings (SSSR count). The lowest BCUT2D eigenvalue weighted by molar-refractivity contribution is 0.0753. The molecule has 0 bridgehead atoms. The van der Waals surface area contributed by atoms with Crippen molar-refractivity contribution in [2.75, 3.05) is 11.9 Å².